The Hall–Kier alpha value is -2.46. The van der Waals surface area contributed by atoms with Gasteiger partial charge < -0.3 is 31.6 Å². The Morgan fingerprint density at radius 1 is 0.786 bits per heavy atom. The van der Waals surface area contributed by atoms with Gasteiger partial charge in [0.2, 0.25) is 0 Å². The van der Waals surface area contributed by atoms with Gasteiger partial charge in [0, 0.05) is 13.1 Å². The van der Waals surface area contributed by atoms with E-state index in [0.29, 0.717) is 13.2 Å². The average molecular weight is 396 g/mol. The summed E-state index contributed by atoms with van der Waals surface area (Å²) in [6.45, 7) is 12.7. The van der Waals surface area contributed by atoms with Crippen LogP contribution in [0.3, 0.4) is 0 Å². The number of anilines is 2. The molecule has 0 aliphatic carbocycles. The highest BCUT2D eigenvalue weighted by atomic mass is 16.5. The van der Waals surface area contributed by atoms with Gasteiger partial charge in [-0.3, -0.25) is 9.59 Å². The molecule has 0 atom stereocenters. The molecule has 1 heterocycles. The molecular weight excluding hydrogens is 364 g/mol. The molecule has 2 amide bonds. The molecule has 6 N–H and O–H groups in total. The number of nitrogen functional groups attached to an aromatic ring is 2. The van der Waals surface area contributed by atoms with Crippen LogP contribution in [0.2, 0.25) is 0 Å². The molecular formula is C18H32N6O4. The number of nitrogens with zero attached hydrogens (tertiary/aromatic N) is 2. The number of nitrogens with two attached hydrogens (primary N) is 2. The van der Waals surface area contributed by atoms with Crippen molar-refractivity contribution in [2.75, 3.05) is 37.8 Å². The summed E-state index contributed by atoms with van der Waals surface area (Å²) in [5.74, 6) is -1.45. The maximum absolute atomic E-state index is 12.2. The Morgan fingerprint density at radius 2 is 1.11 bits per heavy atom. The van der Waals surface area contributed by atoms with Gasteiger partial charge in [-0.15, -0.1) is 0 Å². The molecule has 10 heteroatoms. The van der Waals surface area contributed by atoms with E-state index in [1.807, 2.05) is 41.5 Å². The molecule has 0 aromatic carbocycles. The van der Waals surface area contributed by atoms with Gasteiger partial charge in [0.1, 0.15) is 0 Å². The lowest BCUT2D eigenvalue weighted by molar-refractivity contribution is -0.000918. The van der Waals surface area contributed by atoms with Crippen LogP contribution in [0, 0.1) is 0 Å². The van der Waals surface area contributed by atoms with Gasteiger partial charge in [-0.25, -0.2) is 9.97 Å². The average Bonchev–Trinajstić information content (AvgIpc) is 2.55. The highest BCUT2D eigenvalue weighted by molar-refractivity contribution is 6.00. The summed E-state index contributed by atoms with van der Waals surface area (Å²) >= 11 is 0. The van der Waals surface area contributed by atoms with Crippen LogP contribution in [0.1, 0.15) is 62.5 Å². The van der Waals surface area contributed by atoms with E-state index < -0.39 is 11.8 Å². The van der Waals surface area contributed by atoms with E-state index in [2.05, 4.69) is 20.6 Å². The fourth-order valence-electron chi connectivity index (χ4n) is 2.01. The number of rotatable bonds is 8. The number of carbonyl (C=O) groups is 2. The fraction of sp³-hybridized carbons (Fsp3) is 0.667. The van der Waals surface area contributed by atoms with Crippen LogP contribution in [0.15, 0.2) is 0 Å². The van der Waals surface area contributed by atoms with Gasteiger partial charge in [0.15, 0.2) is 23.0 Å². The molecule has 0 bridgehead atoms. The summed E-state index contributed by atoms with van der Waals surface area (Å²) in [6.07, 6.45) is 0. The third-order valence-electron chi connectivity index (χ3n) is 3.23. The molecule has 0 saturated carbocycles. The number of amides is 2. The number of carbonyl (C=O) groups excluding carboxylic acids is 2. The zero-order valence-corrected chi connectivity index (χ0v) is 17.5. The van der Waals surface area contributed by atoms with Crippen LogP contribution in [0.25, 0.3) is 0 Å². The van der Waals surface area contributed by atoms with Gasteiger partial charge in [0.25, 0.3) is 11.8 Å². The zero-order chi connectivity index (χ0) is 21.5. The van der Waals surface area contributed by atoms with Crippen molar-refractivity contribution in [1.82, 2.24) is 20.6 Å². The van der Waals surface area contributed by atoms with Crippen LogP contribution < -0.4 is 22.1 Å². The number of hydrogen-bond acceptors (Lipinski definition) is 8. The van der Waals surface area contributed by atoms with E-state index in [0.717, 1.165) is 0 Å². The first-order chi connectivity index (χ1) is 12.8. The monoisotopic (exact) mass is 396 g/mol. The number of aromatic nitrogens is 2. The Kier molecular flexibility index (Phi) is 8.13. The van der Waals surface area contributed by atoms with E-state index in [9.17, 15) is 9.59 Å². The van der Waals surface area contributed by atoms with Gasteiger partial charge in [0.05, 0.1) is 24.4 Å². The van der Waals surface area contributed by atoms with Crippen molar-refractivity contribution in [2.45, 2.75) is 52.7 Å². The molecule has 0 saturated heterocycles. The second-order valence-corrected chi connectivity index (χ2v) is 8.12. The summed E-state index contributed by atoms with van der Waals surface area (Å²) < 4.78 is 11.0. The maximum atomic E-state index is 12.2. The second kappa shape index (κ2) is 9.65. The van der Waals surface area contributed by atoms with Gasteiger partial charge in [-0.2, -0.15) is 0 Å². The van der Waals surface area contributed by atoms with Crippen LogP contribution in [0.5, 0.6) is 0 Å². The lowest BCUT2D eigenvalue weighted by Gasteiger charge is -2.19. The van der Waals surface area contributed by atoms with Gasteiger partial charge in [-0.05, 0) is 41.5 Å². The molecule has 0 fully saturated rings. The lowest BCUT2D eigenvalue weighted by Crippen LogP contribution is -2.34. The molecule has 10 nitrogen and oxygen atoms in total. The minimum atomic E-state index is -0.542. The molecule has 1 aromatic heterocycles. The fourth-order valence-corrected chi connectivity index (χ4v) is 2.01. The van der Waals surface area contributed by atoms with Crippen molar-refractivity contribution >= 4 is 23.5 Å². The smallest absolute Gasteiger partial charge is 0.273 e. The van der Waals surface area contributed by atoms with E-state index in [1.165, 1.54) is 0 Å². The third kappa shape index (κ3) is 8.49. The SMILES string of the molecule is CC(C)(C)OCCNC(=O)c1nc(N)c(C(=O)NCCOC(C)(C)C)nc1N. The topological polar surface area (TPSA) is 154 Å². The first kappa shape index (κ1) is 23.6. The Balaban J connectivity index is 2.65. The minimum Gasteiger partial charge on any atom is -0.382 e. The van der Waals surface area contributed by atoms with Crippen LogP contribution in [0.4, 0.5) is 11.6 Å². The second-order valence-electron chi connectivity index (χ2n) is 8.12. The first-order valence-corrected chi connectivity index (χ1v) is 9.07. The standard InChI is InChI=1S/C18H32N6O4/c1-17(2,3)27-9-7-21-15(25)11-13(19)24-12(14(20)23-11)16(26)22-8-10-28-18(4,5)6/h7-10H2,1-6H3,(H2,20,23)(H2,19,24)(H,21,25)(H,22,26). The van der Waals surface area contributed by atoms with Gasteiger partial charge in [-0.1, -0.05) is 0 Å². The van der Waals surface area contributed by atoms with Crippen molar-refractivity contribution in [3.63, 3.8) is 0 Å². The molecule has 1 rings (SSSR count). The van der Waals surface area contributed by atoms with Crippen molar-refractivity contribution in [3.8, 4) is 0 Å². The minimum absolute atomic E-state index is 0.138. The molecule has 0 aliphatic heterocycles. The molecule has 0 aliphatic rings. The highest BCUT2D eigenvalue weighted by Gasteiger charge is 2.20. The van der Waals surface area contributed by atoms with Crippen molar-refractivity contribution in [3.05, 3.63) is 11.4 Å². The van der Waals surface area contributed by atoms with Gasteiger partial charge >= 0.3 is 0 Å². The Labute approximate surface area is 165 Å². The van der Waals surface area contributed by atoms with Crippen LogP contribution in [-0.4, -0.2) is 59.3 Å². The lowest BCUT2D eigenvalue weighted by atomic mass is 10.2. The number of nitrogens with one attached hydrogen (secondary N) is 2. The predicted molar refractivity (Wildman–Crippen MR) is 107 cm³/mol. The molecule has 28 heavy (non-hydrogen) atoms. The Morgan fingerprint density at radius 3 is 1.39 bits per heavy atom. The summed E-state index contributed by atoms with van der Waals surface area (Å²) in [5.41, 5.74) is 10.7. The van der Waals surface area contributed by atoms with Crippen LogP contribution in [-0.2, 0) is 9.47 Å². The van der Waals surface area contributed by atoms with E-state index >= 15 is 0 Å². The van der Waals surface area contributed by atoms with E-state index in [-0.39, 0.29) is 47.3 Å². The summed E-state index contributed by atoms with van der Waals surface area (Å²) in [6, 6.07) is 0. The molecule has 0 radical (unpaired) electrons. The summed E-state index contributed by atoms with van der Waals surface area (Å²) in [5, 5.41) is 5.25. The number of ether oxygens (including phenoxy) is 2. The first-order valence-electron chi connectivity index (χ1n) is 9.07. The highest BCUT2D eigenvalue weighted by Crippen LogP contribution is 2.13. The third-order valence-corrected chi connectivity index (χ3v) is 3.23. The van der Waals surface area contributed by atoms with Crippen molar-refractivity contribution in [1.29, 1.82) is 0 Å². The number of hydrogen-bond donors (Lipinski definition) is 4. The summed E-state index contributed by atoms with van der Waals surface area (Å²) in [4.78, 5) is 32.3. The molecule has 0 spiro atoms. The molecule has 0 unspecified atom stereocenters. The normalized spacial score (nSPS) is 11.9. The van der Waals surface area contributed by atoms with Crippen molar-refractivity contribution in [2.24, 2.45) is 0 Å². The largest absolute Gasteiger partial charge is 0.382 e. The summed E-state index contributed by atoms with van der Waals surface area (Å²) in [7, 11) is 0. The Bertz CT molecular complexity index is 635. The molecule has 1 aromatic rings. The quantitative estimate of drug-likeness (QED) is 0.469. The zero-order valence-electron chi connectivity index (χ0n) is 17.5. The maximum Gasteiger partial charge on any atom is 0.273 e. The predicted octanol–water partition coefficient (Wildman–Crippen LogP) is 0.731. The molecule has 158 valence electrons. The van der Waals surface area contributed by atoms with E-state index in [1.54, 1.807) is 0 Å². The van der Waals surface area contributed by atoms with Crippen LogP contribution >= 0.6 is 0 Å². The van der Waals surface area contributed by atoms with Crippen molar-refractivity contribution < 1.29 is 19.1 Å². The van der Waals surface area contributed by atoms with E-state index in [4.69, 9.17) is 20.9 Å².